The lowest BCUT2D eigenvalue weighted by Gasteiger charge is -2.12. The van der Waals surface area contributed by atoms with Gasteiger partial charge in [0.25, 0.3) is 0 Å². The molecule has 4 nitrogen and oxygen atoms in total. The van der Waals surface area contributed by atoms with Crippen LogP contribution >= 0.6 is 0 Å². The van der Waals surface area contributed by atoms with E-state index in [2.05, 4.69) is 0 Å². The molecule has 1 atom stereocenters. The number of hydrogen-bond donors (Lipinski definition) is 2. The monoisotopic (exact) mass is 210 g/mol. The molecule has 0 aliphatic carbocycles. The van der Waals surface area contributed by atoms with Crippen molar-refractivity contribution in [3.63, 3.8) is 0 Å². The van der Waals surface area contributed by atoms with Gasteiger partial charge in [-0.1, -0.05) is 25.1 Å². The first-order valence-electron chi connectivity index (χ1n) is 4.79. The van der Waals surface area contributed by atoms with E-state index in [9.17, 15) is 9.90 Å². The highest BCUT2D eigenvalue weighted by molar-refractivity contribution is 5.75. The van der Waals surface area contributed by atoms with E-state index in [1.54, 1.807) is 24.3 Å². The molecule has 0 aliphatic rings. The second kappa shape index (κ2) is 5.36. The van der Waals surface area contributed by atoms with Crippen LogP contribution < -0.4 is 4.74 Å². The zero-order chi connectivity index (χ0) is 11.3. The van der Waals surface area contributed by atoms with Crippen molar-refractivity contribution < 1.29 is 19.7 Å². The highest BCUT2D eigenvalue weighted by Gasteiger charge is 2.19. The molecule has 0 heterocycles. The minimum absolute atomic E-state index is 0.290. The summed E-state index contributed by atoms with van der Waals surface area (Å²) in [5.41, 5.74) is 0.290. The molecule has 82 valence electrons. The number of para-hydroxylation sites is 1. The first-order valence-corrected chi connectivity index (χ1v) is 4.79. The van der Waals surface area contributed by atoms with Crippen molar-refractivity contribution >= 4 is 5.97 Å². The van der Waals surface area contributed by atoms with Crippen molar-refractivity contribution in [3.8, 4) is 5.75 Å². The second-order valence-corrected chi connectivity index (χ2v) is 3.13. The van der Waals surface area contributed by atoms with Crippen molar-refractivity contribution in [1.29, 1.82) is 0 Å². The number of aliphatic hydroxyl groups excluding tert-OH is 1. The van der Waals surface area contributed by atoms with Crippen molar-refractivity contribution in [2.75, 3.05) is 6.61 Å². The Morgan fingerprint density at radius 2 is 2.13 bits per heavy atom. The van der Waals surface area contributed by atoms with Crippen LogP contribution in [0.2, 0.25) is 0 Å². The Morgan fingerprint density at radius 1 is 1.47 bits per heavy atom. The highest BCUT2D eigenvalue weighted by Crippen LogP contribution is 2.25. The van der Waals surface area contributed by atoms with E-state index >= 15 is 0 Å². The first kappa shape index (κ1) is 11.5. The van der Waals surface area contributed by atoms with Gasteiger partial charge < -0.3 is 14.9 Å². The third-order valence-electron chi connectivity index (χ3n) is 1.91. The molecule has 2 N–H and O–H groups in total. The maximum atomic E-state index is 10.6. The van der Waals surface area contributed by atoms with Crippen molar-refractivity contribution in [3.05, 3.63) is 29.8 Å². The zero-order valence-electron chi connectivity index (χ0n) is 8.51. The first-order chi connectivity index (χ1) is 7.16. The fourth-order valence-electron chi connectivity index (χ4n) is 1.18. The van der Waals surface area contributed by atoms with Crippen molar-refractivity contribution in [2.45, 2.75) is 19.4 Å². The van der Waals surface area contributed by atoms with Gasteiger partial charge in [0.05, 0.1) is 6.61 Å². The molecule has 0 fully saturated rings. The fourth-order valence-corrected chi connectivity index (χ4v) is 1.18. The van der Waals surface area contributed by atoms with Gasteiger partial charge in [0.2, 0.25) is 0 Å². The summed E-state index contributed by atoms with van der Waals surface area (Å²) in [5, 5.41) is 18.1. The number of carbonyl (C=O) groups is 1. The summed E-state index contributed by atoms with van der Waals surface area (Å²) in [6.45, 7) is 2.46. The van der Waals surface area contributed by atoms with Crippen LogP contribution in [0.5, 0.6) is 5.75 Å². The van der Waals surface area contributed by atoms with Crippen LogP contribution in [0.3, 0.4) is 0 Å². The number of hydrogen-bond acceptors (Lipinski definition) is 3. The van der Waals surface area contributed by atoms with Gasteiger partial charge in [0.15, 0.2) is 6.10 Å². The average Bonchev–Trinajstić information content (AvgIpc) is 2.25. The minimum Gasteiger partial charge on any atom is -0.493 e. The molecular formula is C11H14O4. The number of aliphatic carboxylic acids is 1. The molecule has 0 aliphatic heterocycles. The van der Waals surface area contributed by atoms with Crippen LogP contribution in [0.15, 0.2) is 24.3 Å². The molecule has 4 heteroatoms. The molecule has 0 aromatic heterocycles. The maximum Gasteiger partial charge on any atom is 0.337 e. The normalized spacial score (nSPS) is 12.1. The van der Waals surface area contributed by atoms with Gasteiger partial charge >= 0.3 is 5.97 Å². The summed E-state index contributed by atoms with van der Waals surface area (Å²) >= 11 is 0. The van der Waals surface area contributed by atoms with Gasteiger partial charge in [0, 0.05) is 5.56 Å². The van der Waals surface area contributed by atoms with Gasteiger partial charge in [-0.3, -0.25) is 0 Å². The SMILES string of the molecule is CCCOc1ccccc1C(O)C(=O)O. The van der Waals surface area contributed by atoms with Gasteiger partial charge in [-0.25, -0.2) is 4.79 Å². The number of ether oxygens (including phenoxy) is 1. The van der Waals surface area contributed by atoms with E-state index < -0.39 is 12.1 Å². The average molecular weight is 210 g/mol. The van der Waals surface area contributed by atoms with Crippen LogP contribution in [0, 0.1) is 0 Å². The van der Waals surface area contributed by atoms with Crippen LogP contribution in [0.25, 0.3) is 0 Å². The zero-order valence-corrected chi connectivity index (χ0v) is 8.51. The van der Waals surface area contributed by atoms with E-state index in [1.165, 1.54) is 0 Å². The second-order valence-electron chi connectivity index (χ2n) is 3.13. The van der Waals surface area contributed by atoms with Crippen LogP contribution in [0.1, 0.15) is 25.0 Å². The predicted molar refractivity (Wildman–Crippen MR) is 54.8 cm³/mol. The molecule has 1 aromatic rings. The van der Waals surface area contributed by atoms with Crippen LogP contribution in [-0.2, 0) is 4.79 Å². The van der Waals surface area contributed by atoms with Gasteiger partial charge in [-0.2, -0.15) is 0 Å². The minimum atomic E-state index is -1.53. The molecule has 1 rings (SSSR count). The topological polar surface area (TPSA) is 66.8 Å². The number of rotatable bonds is 5. The van der Waals surface area contributed by atoms with Crippen LogP contribution in [0.4, 0.5) is 0 Å². The lowest BCUT2D eigenvalue weighted by atomic mass is 10.1. The number of benzene rings is 1. The van der Waals surface area contributed by atoms with E-state index in [0.717, 1.165) is 6.42 Å². The van der Waals surface area contributed by atoms with Crippen LogP contribution in [-0.4, -0.2) is 22.8 Å². The summed E-state index contributed by atoms with van der Waals surface area (Å²) in [6, 6.07) is 6.60. The smallest absolute Gasteiger partial charge is 0.337 e. The van der Waals surface area contributed by atoms with Gasteiger partial charge in [-0.15, -0.1) is 0 Å². The standard InChI is InChI=1S/C11H14O4/c1-2-7-15-9-6-4-3-5-8(9)10(12)11(13)14/h3-6,10,12H,2,7H2,1H3,(H,13,14). The molecule has 0 saturated heterocycles. The van der Waals surface area contributed by atoms with E-state index in [4.69, 9.17) is 9.84 Å². The fraction of sp³-hybridized carbons (Fsp3) is 0.364. The van der Waals surface area contributed by atoms with E-state index in [0.29, 0.717) is 17.9 Å². The molecule has 0 saturated carbocycles. The lowest BCUT2D eigenvalue weighted by molar-refractivity contribution is -0.147. The largest absolute Gasteiger partial charge is 0.493 e. The Kier molecular flexibility index (Phi) is 4.12. The molecule has 0 amide bonds. The van der Waals surface area contributed by atoms with Crippen molar-refractivity contribution in [2.24, 2.45) is 0 Å². The summed E-state index contributed by atoms with van der Waals surface area (Å²) in [7, 11) is 0. The summed E-state index contributed by atoms with van der Waals surface area (Å²) in [6.07, 6.45) is -0.699. The third-order valence-corrected chi connectivity index (χ3v) is 1.91. The molecule has 0 spiro atoms. The van der Waals surface area contributed by atoms with Crippen molar-refractivity contribution in [1.82, 2.24) is 0 Å². The number of carboxylic acids is 1. The Balaban J connectivity index is 2.90. The van der Waals surface area contributed by atoms with Gasteiger partial charge in [0.1, 0.15) is 5.75 Å². The van der Waals surface area contributed by atoms with E-state index in [-0.39, 0.29) is 0 Å². The Hall–Kier alpha value is -1.55. The molecule has 1 unspecified atom stereocenters. The molecule has 0 bridgehead atoms. The predicted octanol–water partition coefficient (Wildman–Crippen LogP) is 1.59. The Labute approximate surface area is 88.1 Å². The van der Waals surface area contributed by atoms with Gasteiger partial charge in [-0.05, 0) is 12.5 Å². The summed E-state index contributed by atoms with van der Waals surface area (Å²) < 4.78 is 5.33. The highest BCUT2D eigenvalue weighted by atomic mass is 16.5. The Bertz CT molecular complexity index is 335. The Morgan fingerprint density at radius 3 is 2.73 bits per heavy atom. The number of carboxylic acid groups (broad SMARTS) is 1. The lowest BCUT2D eigenvalue weighted by Crippen LogP contribution is -2.12. The summed E-state index contributed by atoms with van der Waals surface area (Å²) in [4.78, 5) is 10.6. The molecule has 15 heavy (non-hydrogen) atoms. The quantitative estimate of drug-likeness (QED) is 0.774. The summed E-state index contributed by atoms with van der Waals surface area (Å²) in [5.74, 6) is -0.850. The molecule has 0 radical (unpaired) electrons. The number of aliphatic hydroxyl groups is 1. The third kappa shape index (κ3) is 2.95. The maximum absolute atomic E-state index is 10.6. The molecular weight excluding hydrogens is 196 g/mol. The van der Waals surface area contributed by atoms with E-state index in [1.807, 2.05) is 6.92 Å². The molecule has 1 aromatic carbocycles.